The van der Waals surface area contributed by atoms with Gasteiger partial charge >= 0.3 is 5.97 Å². The predicted octanol–water partition coefficient (Wildman–Crippen LogP) is 2.31. The van der Waals surface area contributed by atoms with E-state index in [1.54, 1.807) is 33.2 Å². The van der Waals surface area contributed by atoms with Crippen molar-refractivity contribution in [1.82, 2.24) is 4.90 Å². The zero-order valence-electron chi connectivity index (χ0n) is 13.5. The van der Waals surface area contributed by atoms with Crippen LogP contribution in [0.4, 0.5) is 0 Å². The van der Waals surface area contributed by atoms with Crippen molar-refractivity contribution in [1.29, 1.82) is 5.26 Å². The summed E-state index contributed by atoms with van der Waals surface area (Å²) in [6.07, 6.45) is 1.43. The van der Waals surface area contributed by atoms with Crippen LogP contribution in [0.3, 0.4) is 0 Å². The fourth-order valence-corrected chi connectivity index (χ4v) is 2.33. The molecule has 1 N–H and O–H groups in total. The fourth-order valence-electron chi connectivity index (χ4n) is 1.76. The van der Waals surface area contributed by atoms with Crippen LogP contribution in [-0.4, -0.2) is 49.2 Å². The Balaban J connectivity index is 3.29. The van der Waals surface area contributed by atoms with Gasteiger partial charge in [-0.15, -0.1) is 0 Å². The number of halogens is 1. The SMILES string of the molecule is CCOc1cc(/C=C(/C#N)C(=O)N(C)C)cc(Br)c1OCC(=O)O. The molecule has 0 aliphatic rings. The highest BCUT2D eigenvalue weighted by molar-refractivity contribution is 9.10. The van der Waals surface area contributed by atoms with Crippen molar-refractivity contribution in [2.24, 2.45) is 0 Å². The molecule has 0 heterocycles. The first-order valence-electron chi connectivity index (χ1n) is 6.94. The highest BCUT2D eigenvalue weighted by Crippen LogP contribution is 2.37. The Morgan fingerprint density at radius 1 is 1.38 bits per heavy atom. The Labute approximate surface area is 148 Å². The normalized spacial score (nSPS) is 10.7. The lowest BCUT2D eigenvalue weighted by molar-refractivity contribution is -0.139. The van der Waals surface area contributed by atoms with Gasteiger partial charge < -0.3 is 19.5 Å². The molecule has 7 nitrogen and oxygen atoms in total. The number of rotatable bonds is 7. The zero-order valence-corrected chi connectivity index (χ0v) is 15.1. The zero-order chi connectivity index (χ0) is 18.3. The molecular formula is C16H17BrN2O5. The van der Waals surface area contributed by atoms with Crippen LogP contribution in [-0.2, 0) is 9.59 Å². The largest absolute Gasteiger partial charge is 0.490 e. The van der Waals surface area contributed by atoms with Crippen molar-refractivity contribution in [3.05, 3.63) is 27.7 Å². The molecule has 1 rings (SSSR count). The minimum absolute atomic E-state index is 0.0337. The molecule has 0 aliphatic carbocycles. The third kappa shape index (κ3) is 5.28. The van der Waals surface area contributed by atoms with E-state index in [0.29, 0.717) is 22.4 Å². The first-order valence-corrected chi connectivity index (χ1v) is 7.73. The summed E-state index contributed by atoms with van der Waals surface area (Å²) >= 11 is 3.29. The molecule has 128 valence electrons. The summed E-state index contributed by atoms with van der Waals surface area (Å²) in [5.74, 6) is -0.975. The molecule has 0 aliphatic heterocycles. The van der Waals surface area contributed by atoms with Crippen LogP contribution in [0, 0.1) is 11.3 Å². The smallest absolute Gasteiger partial charge is 0.341 e. The predicted molar refractivity (Wildman–Crippen MR) is 90.7 cm³/mol. The lowest BCUT2D eigenvalue weighted by Gasteiger charge is -2.14. The van der Waals surface area contributed by atoms with Gasteiger partial charge in [0.1, 0.15) is 11.6 Å². The number of hydrogen-bond donors (Lipinski definition) is 1. The average Bonchev–Trinajstić information content (AvgIpc) is 2.51. The molecule has 0 spiro atoms. The van der Waals surface area contributed by atoms with Gasteiger partial charge in [0.15, 0.2) is 18.1 Å². The number of hydrogen-bond acceptors (Lipinski definition) is 5. The molecule has 0 radical (unpaired) electrons. The second-order valence-electron chi connectivity index (χ2n) is 4.81. The second kappa shape index (κ2) is 8.93. The van der Waals surface area contributed by atoms with Gasteiger partial charge in [-0.1, -0.05) is 0 Å². The minimum Gasteiger partial charge on any atom is -0.490 e. The maximum atomic E-state index is 11.9. The van der Waals surface area contributed by atoms with Crippen LogP contribution in [0.1, 0.15) is 12.5 Å². The molecule has 0 saturated carbocycles. The van der Waals surface area contributed by atoms with Gasteiger partial charge in [-0.3, -0.25) is 4.79 Å². The molecule has 0 saturated heterocycles. The summed E-state index contributed by atoms with van der Waals surface area (Å²) in [5, 5.41) is 17.9. The molecule has 1 aromatic carbocycles. The van der Waals surface area contributed by atoms with E-state index in [1.165, 1.54) is 11.0 Å². The highest BCUT2D eigenvalue weighted by atomic mass is 79.9. The number of nitriles is 1. The third-order valence-corrected chi connectivity index (χ3v) is 3.33. The van der Waals surface area contributed by atoms with Gasteiger partial charge in [-0.05, 0) is 46.6 Å². The number of aliphatic carboxylic acids is 1. The molecule has 0 aromatic heterocycles. The fraction of sp³-hybridized carbons (Fsp3) is 0.312. The van der Waals surface area contributed by atoms with Crippen LogP contribution < -0.4 is 9.47 Å². The van der Waals surface area contributed by atoms with Crippen molar-refractivity contribution in [3.63, 3.8) is 0 Å². The lowest BCUT2D eigenvalue weighted by atomic mass is 10.1. The van der Waals surface area contributed by atoms with E-state index in [2.05, 4.69) is 15.9 Å². The minimum atomic E-state index is -1.11. The Kier molecular flexibility index (Phi) is 7.27. The summed E-state index contributed by atoms with van der Waals surface area (Å²) in [4.78, 5) is 23.9. The van der Waals surface area contributed by atoms with Gasteiger partial charge in [0.2, 0.25) is 0 Å². The Morgan fingerprint density at radius 3 is 2.54 bits per heavy atom. The van der Waals surface area contributed by atoms with E-state index >= 15 is 0 Å². The van der Waals surface area contributed by atoms with E-state index < -0.39 is 18.5 Å². The Hall–Kier alpha value is -2.53. The van der Waals surface area contributed by atoms with E-state index in [0.717, 1.165) is 0 Å². The van der Waals surface area contributed by atoms with Crippen molar-refractivity contribution < 1.29 is 24.2 Å². The second-order valence-corrected chi connectivity index (χ2v) is 5.67. The summed E-state index contributed by atoms with van der Waals surface area (Å²) in [6.45, 7) is 1.59. The van der Waals surface area contributed by atoms with Crippen LogP contribution in [0.15, 0.2) is 22.2 Å². The van der Waals surface area contributed by atoms with Crippen LogP contribution in [0.25, 0.3) is 6.08 Å². The number of amides is 1. The number of benzene rings is 1. The van der Waals surface area contributed by atoms with E-state index in [-0.39, 0.29) is 11.3 Å². The molecule has 1 amide bonds. The Morgan fingerprint density at radius 2 is 2.04 bits per heavy atom. The molecular weight excluding hydrogens is 380 g/mol. The van der Waals surface area contributed by atoms with Crippen molar-refractivity contribution in [2.45, 2.75) is 6.92 Å². The summed E-state index contributed by atoms with van der Waals surface area (Å²) in [6, 6.07) is 5.05. The number of carbonyl (C=O) groups excluding carboxylic acids is 1. The first-order chi connectivity index (χ1) is 11.3. The maximum Gasteiger partial charge on any atom is 0.341 e. The number of carboxylic acids is 1. The molecule has 0 fully saturated rings. The number of carbonyl (C=O) groups is 2. The number of likely N-dealkylation sites (N-methyl/N-ethyl adjacent to an activating group) is 1. The number of nitrogens with zero attached hydrogens (tertiary/aromatic N) is 2. The summed E-state index contributed by atoms with van der Waals surface area (Å²) < 4.78 is 11.1. The quantitative estimate of drug-likeness (QED) is 0.560. The van der Waals surface area contributed by atoms with Crippen molar-refractivity contribution in [2.75, 3.05) is 27.3 Å². The first kappa shape index (κ1) is 19.5. The number of carboxylic acid groups (broad SMARTS) is 1. The van der Waals surface area contributed by atoms with Gasteiger partial charge in [-0.25, -0.2) is 4.79 Å². The number of ether oxygens (including phenoxy) is 2. The van der Waals surface area contributed by atoms with Gasteiger partial charge in [0.05, 0.1) is 11.1 Å². The molecule has 8 heteroatoms. The molecule has 1 aromatic rings. The summed E-state index contributed by atoms with van der Waals surface area (Å²) in [5.41, 5.74) is 0.508. The highest BCUT2D eigenvalue weighted by Gasteiger charge is 2.15. The lowest BCUT2D eigenvalue weighted by Crippen LogP contribution is -2.22. The van der Waals surface area contributed by atoms with Crippen molar-refractivity contribution in [3.8, 4) is 17.6 Å². The average molecular weight is 397 g/mol. The molecule has 0 unspecified atom stereocenters. The molecule has 24 heavy (non-hydrogen) atoms. The third-order valence-electron chi connectivity index (χ3n) is 2.74. The van der Waals surface area contributed by atoms with Gasteiger partial charge in [0, 0.05) is 14.1 Å². The van der Waals surface area contributed by atoms with E-state index in [4.69, 9.17) is 19.8 Å². The van der Waals surface area contributed by atoms with Gasteiger partial charge in [-0.2, -0.15) is 5.26 Å². The van der Waals surface area contributed by atoms with Gasteiger partial charge in [0.25, 0.3) is 5.91 Å². The monoisotopic (exact) mass is 396 g/mol. The molecule has 0 bridgehead atoms. The topological polar surface area (TPSA) is 99.9 Å². The van der Waals surface area contributed by atoms with E-state index in [1.807, 2.05) is 6.07 Å². The van der Waals surface area contributed by atoms with E-state index in [9.17, 15) is 9.59 Å². The molecule has 0 atom stereocenters. The van der Waals surface area contributed by atoms with Crippen LogP contribution in [0.2, 0.25) is 0 Å². The van der Waals surface area contributed by atoms with Crippen LogP contribution in [0.5, 0.6) is 11.5 Å². The maximum absolute atomic E-state index is 11.9. The summed E-state index contributed by atoms with van der Waals surface area (Å²) in [7, 11) is 3.11. The Bertz CT molecular complexity index is 707. The van der Waals surface area contributed by atoms with Crippen molar-refractivity contribution >= 4 is 33.9 Å². The van der Waals surface area contributed by atoms with Crippen LogP contribution >= 0.6 is 15.9 Å². The standard InChI is InChI=1S/C16H17BrN2O5/c1-4-23-13-7-10(5-11(8-18)16(22)19(2)3)6-12(17)15(13)24-9-14(20)21/h5-7H,4,9H2,1-3H3,(H,20,21)/b11-5-.